The summed E-state index contributed by atoms with van der Waals surface area (Å²) in [5.41, 5.74) is 6.54. The molecule has 0 fully saturated rings. The summed E-state index contributed by atoms with van der Waals surface area (Å²) in [5, 5.41) is 12.7. The standard InChI is InChI=1S/C16H24N2/c1-7-14(9-17)16(18-6)15-12(4)10(2)8-11(3)13(15)5/h8,14,16,18H,7H2,1-6H3. The average Bonchev–Trinajstić information content (AvgIpc) is 2.36. The number of hydrogen-bond acceptors (Lipinski definition) is 2. The highest BCUT2D eigenvalue weighted by atomic mass is 14.9. The lowest BCUT2D eigenvalue weighted by Crippen LogP contribution is -2.26. The van der Waals surface area contributed by atoms with Crippen molar-refractivity contribution in [3.8, 4) is 6.07 Å². The first kappa shape index (κ1) is 14.7. The molecule has 0 saturated carbocycles. The minimum atomic E-state index is 0.0219. The molecular formula is C16H24N2. The molecule has 0 aliphatic carbocycles. The molecule has 0 aliphatic heterocycles. The van der Waals surface area contributed by atoms with Gasteiger partial charge < -0.3 is 5.32 Å². The molecule has 1 aromatic rings. The van der Waals surface area contributed by atoms with Gasteiger partial charge in [0.05, 0.1) is 12.0 Å². The van der Waals surface area contributed by atoms with Crippen molar-refractivity contribution in [2.75, 3.05) is 7.05 Å². The van der Waals surface area contributed by atoms with Crippen LogP contribution in [-0.2, 0) is 0 Å². The Morgan fingerprint density at radius 1 is 1.17 bits per heavy atom. The molecule has 0 aromatic heterocycles. The molecule has 0 bridgehead atoms. The number of nitrogens with one attached hydrogen (secondary N) is 1. The second-order valence-electron chi connectivity index (χ2n) is 5.08. The van der Waals surface area contributed by atoms with Gasteiger partial charge in [-0.2, -0.15) is 5.26 Å². The molecule has 2 atom stereocenters. The van der Waals surface area contributed by atoms with E-state index in [1.165, 1.54) is 27.8 Å². The highest BCUT2D eigenvalue weighted by Crippen LogP contribution is 2.32. The number of benzene rings is 1. The van der Waals surface area contributed by atoms with E-state index >= 15 is 0 Å². The van der Waals surface area contributed by atoms with Crippen LogP contribution in [0.5, 0.6) is 0 Å². The summed E-state index contributed by atoms with van der Waals surface area (Å²) >= 11 is 0. The van der Waals surface area contributed by atoms with Crippen molar-refractivity contribution < 1.29 is 0 Å². The van der Waals surface area contributed by atoms with Gasteiger partial charge in [-0.1, -0.05) is 13.0 Å². The van der Waals surface area contributed by atoms with Gasteiger partial charge >= 0.3 is 0 Å². The molecule has 1 N–H and O–H groups in total. The molecule has 0 saturated heterocycles. The van der Waals surface area contributed by atoms with Crippen molar-refractivity contribution in [2.45, 2.75) is 47.1 Å². The molecule has 0 heterocycles. The minimum Gasteiger partial charge on any atom is -0.312 e. The Bertz CT molecular complexity index is 443. The molecule has 0 amide bonds. The highest BCUT2D eigenvalue weighted by molar-refractivity contribution is 5.46. The zero-order valence-electron chi connectivity index (χ0n) is 12.4. The van der Waals surface area contributed by atoms with Crippen LogP contribution in [0.2, 0.25) is 0 Å². The Hall–Kier alpha value is -1.33. The Morgan fingerprint density at radius 2 is 1.67 bits per heavy atom. The molecule has 0 spiro atoms. The number of aryl methyl sites for hydroxylation is 2. The first-order valence-corrected chi connectivity index (χ1v) is 6.62. The summed E-state index contributed by atoms with van der Waals surface area (Å²) in [5.74, 6) is 0.0219. The fourth-order valence-electron chi connectivity index (χ4n) is 2.66. The molecule has 98 valence electrons. The lowest BCUT2D eigenvalue weighted by molar-refractivity contribution is 0.445. The SMILES string of the molecule is CCC(C#N)C(NC)c1c(C)c(C)cc(C)c1C. The molecule has 2 nitrogen and oxygen atoms in total. The highest BCUT2D eigenvalue weighted by Gasteiger charge is 2.24. The number of nitrogens with zero attached hydrogens (tertiary/aromatic N) is 1. The van der Waals surface area contributed by atoms with Crippen LogP contribution < -0.4 is 5.32 Å². The van der Waals surface area contributed by atoms with Crippen LogP contribution in [0.15, 0.2) is 6.07 Å². The average molecular weight is 244 g/mol. The fourth-order valence-corrected chi connectivity index (χ4v) is 2.66. The van der Waals surface area contributed by atoms with Gasteiger partial charge in [0.15, 0.2) is 0 Å². The first-order chi connectivity index (χ1) is 8.47. The van der Waals surface area contributed by atoms with Crippen LogP contribution in [0.3, 0.4) is 0 Å². The van der Waals surface area contributed by atoms with Crippen LogP contribution >= 0.6 is 0 Å². The number of nitriles is 1. The van der Waals surface area contributed by atoms with Crippen LogP contribution in [0, 0.1) is 44.9 Å². The third kappa shape index (κ3) is 2.57. The van der Waals surface area contributed by atoms with E-state index in [1.54, 1.807) is 0 Å². The van der Waals surface area contributed by atoms with E-state index in [1.807, 2.05) is 7.05 Å². The normalized spacial score (nSPS) is 14.1. The van der Waals surface area contributed by atoms with E-state index < -0.39 is 0 Å². The second-order valence-corrected chi connectivity index (χ2v) is 5.08. The zero-order chi connectivity index (χ0) is 13.9. The van der Waals surface area contributed by atoms with E-state index in [-0.39, 0.29) is 12.0 Å². The zero-order valence-corrected chi connectivity index (χ0v) is 12.4. The summed E-state index contributed by atoms with van der Waals surface area (Å²) in [4.78, 5) is 0. The third-order valence-electron chi connectivity index (χ3n) is 4.05. The van der Waals surface area contributed by atoms with Crippen LogP contribution in [-0.4, -0.2) is 7.05 Å². The van der Waals surface area contributed by atoms with Gasteiger partial charge in [-0.05, 0) is 69.0 Å². The van der Waals surface area contributed by atoms with Gasteiger partial charge in [0.1, 0.15) is 0 Å². The Balaban J connectivity index is 3.43. The Kier molecular flexibility index (Phi) is 4.93. The topological polar surface area (TPSA) is 35.8 Å². The van der Waals surface area contributed by atoms with E-state index in [4.69, 9.17) is 0 Å². The maximum Gasteiger partial charge on any atom is 0.0675 e. The summed E-state index contributed by atoms with van der Waals surface area (Å²) in [6.45, 7) is 10.7. The molecule has 18 heavy (non-hydrogen) atoms. The smallest absolute Gasteiger partial charge is 0.0675 e. The molecule has 0 aliphatic rings. The van der Waals surface area contributed by atoms with Crippen molar-refractivity contribution in [3.05, 3.63) is 33.9 Å². The maximum atomic E-state index is 9.32. The van der Waals surface area contributed by atoms with Crippen molar-refractivity contribution >= 4 is 0 Å². The van der Waals surface area contributed by atoms with Gasteiger partial charge in [-0.15, -0.1) is 0 Å². The fraction of sp³-hybridized carbons (Fsp3) is 0.562. The minimum absolute atomic E-state index is 0.0219. The summed E-state index contributed by atoms with van der Waals surface area (Å²) in [6.07, 6.45) is 0.869. The van der Waals surface area contributed by atoms with Gasteiger partial charge in [0, 0.05) is 6.04 Å². The van der Waals surface area contributed by atoms with E-state index in [2.05, 4.69) is 52.1 Å². The first-order valence-electron chi connectivity index (χ1n) is 6.62. The molecule has 2 unspecified atom stereocenters. The molecular weight excluding hydrogens is 220 g/mol. The van der Waals surface area contributed by atoms with Gasteiger partial charge in [-0.25, -0.2) is 0 Å². The van der Waals surface area contributed by atoms with Gasteiger partial charge in [-0.3, -0.25) is 0 Å². The van der Waals surface area contributed by atoms with Gasteiger partial charge in [0.2, 0.25) is 0 Å². The van der Waals surface area contributed by atoms with Crippen molar-refractivity contribution in [2.24, 2.45) is 5.92 Å². The number of rotatable bonds is 4. The summed E-state index contributed by atoms with van der Waals surface area (Å²) in [7, 11) is 1.95. The second kappa shape index (κ2) is 6.02. The van der Waals surface area contributed by atoms with E-state index in [0.717, 1.165) is 6.42 Å². The van der Waals surface area contributed by atoms with Crippen molar-refractivity contribution in [3.63, 3.8) is 0 Å². The van der Waals surface area contributed by atoms with Crippen LogP contribution in [0.1, 0.15) is 47.2 Å². The summed E-state index contributed by atoms with van der Waals surface area (Å²) in [6, 6.07) is 4.79. The van der Waals surface area contributed by atoms with E-state index in [9.17, 15) is 5.26 Å². The van der Waals surface area contributed by atoms with Crippen LogP contribution in [0.4, 0.5) is 0 Å². The summed E-state index contributed by atoms with van der Waals surface area (Å²) < 4.78 is 0. The quantitative estimate of drug-likeness (QED) is 0.876. The largest absolute Gasteiger partial charge is 0.312 e. The Morgan fingerprint density at radius 3 is 2.00 bits per heavy atom. The molecule has 0 radical (unpaired) electrons. The van der Waals surface area contributed by atoms with Gasteiger partial charge in [0.25, 0.3) is 0 Å². The predicted octanol–water partition coefficient (Wildman–Crippen LogP) is 3.73. The van der Waals surface area contributed by atoms with Crippen molar-refractivity contribution in [1.29, 1.82) is 5.26 Å². The van der Waals surface area contributed by atoms with E-state index in [0.29, 0.717) is 0 Å². The molecule has 1 rings (SSSR count). The predicted molar refractivity (Wildman–Crippen MR) is 76.6 cm³/mol. The molecule has 2 heteroatoms. The number of hydrogen-bond donors (Lipinski definition) is 1. The third-order valence-corrected chi connectivity index (χ3v) is 4.05. The maximum absolute atomic E-state index is 9.32. The molecule has 1 aromatic carbocycles. The van der Waals surface area contributed by atoms with Crippen LogP contribution in [0.25, 0.3) is 0 Å². The monoisotopic (exact) mass is 244 g/mol. The van der Waals surface area contributed by atoms with Crippen molar-refractivity contribution in [1.82, 2.24) is 5.32 Å². The lowest BCUT2D eigenvalue weighted by Gasteiger charge is -2.26. The Labute approximate surface area is 111 Å². The lowest BCUT2D eigenvalue weighted by atomic mass is 9.83.